The monoisotopic (exact) mass is 419 g/mol. The molecular weight excluding hydrogens is 390 g/mol. The average Bonchev–Trinajstić information content (AvgIpc) is 3.05. The van der Waals surface area contributed by atoms with Crippen molar-refractivity contribution >= 4 is 37.8 Å². The lowest BCUT2D eigenvalue weighted by atomic mass is 10.2. The third kappa shape index (κ3) is 5.04. The number of nitrogens with two attached hydrogens (primary N) is 1. The van der Waals surface area contributed by atoms with Crippen LogP contribution < -0.4 is 10.5 Å². The van der Waals surface area contributed by atoms with Gasteiger partial charge in [-0.25, -0.2) is 23.1 Å². The Morgan fingerprint density at radius 2 is 2.00 bits per heavy atom. The van der Waals surface area contributed by atoms with E-state index in [1.807, 2.05) is 31.2 Å². The molecule has 0 amide bonds. The molecule has 9 heteroatoms. The van der Waals surface area contributed by atoms with Crippen LogP contribution in [0.1, 0.15) is 32.0 Å². The van der Waals surface area contributed by atoms with Gasteiger partial charge in [0.1, 0.15) is 11.3 Å². The van der Waals surface area contributed by atoms with Gasteiger partial charge in [-0.2, -0.15) is 0 Å². The van der Waals surface area contributed by atoms with Gasteiger partial charge in [-0.05, 0) is 25.3 Å². The van der Waals surface area contributed by atoms with Crippen LogP contribution in [-0.2, 0) is 27.7 Å². The third-order valence-corrected chi connectivity index (χ3v) is 6.41. The van der Waals surface area contributed by atoms with Crippen molar-refractivity contribution in [2.75, 3.05) is 31.7 Å². The van der Waals surface area contributed by atoms with Crippen molar-refractivity contribution < 1.29 is 13.2 Å². The summed E-state index contributed by atoms with van der Waals surface area (Å²) < 4.78 is 33.7. The van der Waals surface area contributed by atoms with Crippen LogP contribution in [0.25, 0.3) is 21.9 Å². The fourth-order valence-corrected chi connectivity index (χ4v) is 4.63. The van der Waals surface area contributed by atoms with Crippen LogP contribution in [0.3, 0.4) is 0 Å². The number of nitrogens with zero attached hydrogens (tertiary/aromatic N) is 3. The number of nitrogen functional groups attached to an aromatic ring is 1. The number of para-hydroxylation sites is 1. The van der Waals surface area contributed by atoms with E-state index >= 15 is 0 Å². The lowest BCUT2D eigenvalue weighted by molar-refractivity contribution is 0.199. The molecule has 3 N–H and O–H groups in total. The topological polar surface area (TPSA) is 112 Å². The number of fused-ring (bicyclic) bond motifs is 3. The second-order valence-corrected chi connectivity index (χ2v) is 8.98. The highest BCUT2D eigenvalue weighted by Crippen LogP contribution is 2.29. The molecule has 0 bridgehead atoms. The van der Waals surface area contributed by atoms with Crippen LogP contribution in [0, 0.1) is 0 Å². The van der Waals surface area contributed by atoms with Gasteiger partial charge in [0.15, 0.2) is 5.82 Å². The molecule has 158 valence electrons. The Kier molecular flexibility index (Phi) is 7.05. The van der Waals surface area contributed by atoms with Gasteiger partial charge in [0, 0.05) is 32.0 Å². The van der Waals surface area contributed by atoms with Crippen molar-refractivity contribution in [3.05, 3.63) is 30.1 Å². The molecule has 0 saturated heterocycles. The van der Waals surface area contributed by atoms with Crippen LogP contribution in [0.5, 0.6) is 0 Å². The van der Waals surface area contributed by atoms with Crippen molar-refractivity contribution in [2.45, 2.75) is 39.2 Å². The molecule has 0 atom stereocenters. The summed E-state index contributed by atoms with van der Waals surface area (Å²) in [7, 11) is -1.50. The molecule has 0 aliphatic rings. The SMILES string of the molecule is CCCS(=O)(=O)NCCCCn1c(CCOC)nc2c(N)nc3ccccc3c21. The van der Waals surface area contributed by atoms with Crippen molar-refractivity contribution in [1.29, 1.82) is 0 Å². The lowest BCUT2D eigenvalue weighted by Crippen LogP contribution is -2.27. The van der Waals surface area contributed by atoms with Crippen LogP contribution in [-0.4, -0.2) is 49.0 Å². The number of aromatic nitrogens is 3. The van der Waals surface area contributed by atoms with E-state index in [1.54, 1.807) is 7.11 Å². The molecule has 0 saturated carbocycles. The predicted octanol–water partition coefficient (Wildman–Crippen LogP) is 2.47. The molecule has 2 heterocycles. The lowest BCUT2D eigenvalue weighted by Gasteiger charge is -2.11. The summed E-state index contributed by atoms with van der Waals surface area (Å²) in [5.41, 5.74) is 8.71. The zero-order valence-electron chi connectivity index (χ0n) is 17.0. The van der Waals surface area contributed by atoms with E-state index in [9.17, 15) is 8.42 Å². The summed E-state index contributed by atoms with van der Waals surface area (Å²) >= 11 is 0. The van der Waals surface area contributed by atoms with Gasteiger partial charge in [-0.1, -0.05) is 25.1 Å². The Morgan fingerprint density at radius 3 is 2.76 bits per heavy atom. The first-order chi connectivity index (χ1) is 14.0. The van der Waals surface area contributed by atoms with E-state index in [2.05, 4.69) is 14.3 Å². The molecule has 8 nitrogen and oxygen atoms in total. The maximum Gasteiger partial charge on any atom is 0.211 e. The van der Waals surface area contributed by atoms with Crippen LogP contribution in [0.15, 0.2) is 24.3 Å². The molecule has 0 aliphatic carbocycles. The minimum Gasteiger partial charge on any atom is -0.384 e. The van der Waals surface area contributed by atoms with Gasteiger partial charge in [0.25, 0.3) is 0 Å². The Morgan fingerprint density at radius 1 is 1.21 bits per heavy atom. The highest BCUT2D eigenvalue weighted by Gasteiger charge is 2.17. The highest BCUT2D eigenvalue weighted by atomic mass is 32.2. The first-order valence-electron chi connectivity index (χ1n) is 9.96. The van der Waals surface area contributed by atoms with Crippen LogP contribution in [0.4, 0.5) is 5.82 Å². The van der Waals surface area contributed by atoms with Crippen molar-refractivity contribution in [1.82, 2.24) is 19.3 Å². The van der Waals surface area contributed by atoms with Gasteiger partial charge < -0.3 is 15.0 Å². The van der Waals surface area contributed by atoms with Gasteiger partial charge in [-0.15, -0.1) is 0 Å². The van der Waals surface area contributed by atoms with Crippen LogP contribution >= 0.6 is 0 Å². The second kappa shape index (κ2) is 9.51. The maximum atomic E-state index is 11.8. The Balaban J connectivity index is 1.84. The van der Waals surface area contributed by atoms with E-state index in [4.69, 9.17) is 15.5 Å². The number of pyridine rings is 1. The standard InChI is InChI=1S/C20H29N5O3S/c1-3-14-29(26,27)22-11-6-7-12-25-17(10-13-28-2)24-18-19(25)15-8-4-5-9-16(15)23-20(18)21/h4-5,8-9,22H,3,6-7,10-14H2,1-2H3,(H2,21,23). The molecule has 3 rings (SSSR count). The van der Waals surface area contributed by atoms with Crippen molar-refractivity contribution in [2.24, 2.45) is 0 Å². The molecule has 0 unspecified atom stereocenters. The number of anilines is 1. The summed E-state index contributed by atoms with van der Waals surface area (Å²) in [4.78, 5) is 9.23. The Hall–Kier alpha value is -2.23. The molecule has 2 aromatic heterocycles. The second-order valence-electron chi connectivity index (χ2n) is 7.05. The predicted molar refractivity (Wildman–Crippen MR) is 116 cm³/mol. The molecule has 0 aliphatic heterocycles. The summed E-state index contributed by atoms with van der Waals surface area (Å²) in [6.07, 6.45) is 2.84. The molecule has 0 fully saturated rings. The fourth-order valence-electron chi connectivity index (χ4n) is 3.49. The smallest absolute Gasteiger partial charge is 0.211 e. The number of hydrogen-bond acceptors (Lipinski definition) is 6. The van der Waals surface area contributed by atoms with E-state index < -0.39 is 10.0 Å². The quantitative estimate of drug-likeness (QED) is 0.462. The normalized spacial score (nSPS) is 12.2. The number of unbranched alkanes of at least 4 members (excludes halogenated alkanes) is 1. The van der Waals surface area contributed by atoms with E-state index in [0.29, 0.717) is 37.3 Å². The molecule has 0 radical (unpaired) electrons. The van der Waals surface area contributed by atoms with Crippen molar-refractivity contribution in [3.63, 3.8) is 0 Å². The zero-order valence-corrected chi connectivity index (χ0v) is 17.8. The zero-order chi connectivity index (χ0) is 20.9. The third-order valence-electron chi connectivity index (χ3n) is 4.82. The number of benzene rings is 1. The van der Waals surface area contributed by atoms with Crippen molar-refractivity contribution in [3.8, 4) is 0 Å². The average molecular weight is 420 g/mol. The van der Waals surface area contributed by atoms with E-state index in [-0.39, 0.29) is 5.75 Å². The van der Waals surface area contributed by atoms with E-state index in [0.717, 1.165) is 41.6 Å². The number of ether oxygens (including phenoxy) is 1. The number of aryl methyl sites for hydroxylation is 1. The summed E-state index contributed by atoms with van der Waals surface area (Å²) in [5.74, 6) is 1.49. The largest absolute Gasteiger partial charge is 0.384 e. The minimum atomic E-state index is -3.17. The fraction of sp³-hybridized carbons (Fsp3) is 0.500. The molecular formula is C20H29N5O3S. The summed E-state index contributed by atoms with van der Waals surface area (Å²) in [6, 6.07) is 7.89. The summed E-state index contributed by atoms with van der Waals surface area (Å²) in [5, 5.41) is 1.01. The minimum absolute atomic E-state index is 0.165. The van der Waals surface area contributed by atoms with Gasteiger partial charge >= 0.3 is 0 Å². The van der Waals surface area contributed by atoms with Gasteiger partial charge in [-0.3, -0.25) is 0 Å². The number of sulfonamides is 1. The number of nitrogens with one attached hydrogen (secondary N) is 1. The highest BCUT2D eigenvalue weighted by molar-refractivity contribution is 7.89. The first kappa shape index (κ1) is 21.5. The van der Waals surface area contributed by atoms with E-state index in [1.165, 1.54) is 0 Å². The van der Waals surface area contributed by atoms with Crippen LogP contribution in [0.2, 0.25) is 0 Å². The van der Waals surface area contributed by atoms with Gasteiger partial charge in [0.2, 0.25) is 10.0 Å². The molecule has 0 spiro atoms. The number of methoxy groups -OCH3 is 1. The summed E-state index contributed by atoms with van der Waals surface area (Å²) in [6.45, 7) is 3.58. The first-order valence-corrected chi connectivity index (χ1v) is 11.6. The molecule has 3 aromatic rings. The Bertz CT molecular complexity index is 1080. The maximum absolute atomic E-state index is 11.8. The van der Waals surface area contributed by atoms with Gasteiger partial charge in [0.05, 0.1) is 23.4 Å². The number of imidazole rings is 1. The Labute approximate surface area is 171 Å². The molecule has 29 heavy (non-hydrogen) atoms. The number of rotatable bonds is 11. The number of hydrogen-bond donors (Lipinski definition) is 2. The molecule has 1 aromatic carbocycles.